The summed E-state index contributed by atoms with van der Waals surface area (Å²) in [6, 6.07) is 9.70. The molecule has 17 heavy (non-hydrogen) atoms. The van der Waals surface area contributed by atoms with Crippen molar-refractivity contribution in [3.05, 3.63) is 35.9 Å². The number of hydrogen-bond acceptors (Lipinski definition) is 2. The number of amides is 2. The fourth-order valence-corrected chi connectivity index (χ4v) is 1.56. The minimum Gasteiger partial charge on any atom is -0.370 e. The van der Waals surface area contributed by atoms with Crippen LogP contribution in [0.5, 0.6) is 0 Å². The molecule has 0 fully saturated rings. The van der Waals surface area contributed by atoms with Crippen LogP contribution in [0.15, 0.2) is 30.3 Å². The van der Waals surface area contributed by atoms with E-state index in [2.05, 4.69) is 0 Å². The number of hydrogen-bond donors (Lipinski definition) is 1. The zero-order valence-corrected chi connectivity index (χ0v) is 10.1. The molecule has 2 amide bonds. The highest BCUT2D eigenvalue weighted by Crippen LogP contribution is 2.06. The summed E-state index contributed by atoms with van der Waals surface area (Å²) in [7, 11) is 0. The van der Waals surface area contributed by atoms with Gasteiger partial charge in [0.05, 0.1) is 0 Å². The van der Waals surface area contributed by atoms with E-state index in [-0.39, 0.29) is 18.2 Å². The lowest BCUT2D eigenvalue weighted by molar-refractivity contribution is -0.132. The highest BCUT2D eigenvalue weighted by atomic mass is 16.2. The standard InChI is InChI=1S/C13H18N2O2/c1-2-13(17)15(9-8-12(14)16)10-11-6-4-3-5-7-11/h3-7H,2,8-10H2,1H3,(H2,14,16). The van der Waals surface area contributed by atoms with Gasteiger partial charge in [-0.3, -0.25) is 9.59 Å². The summed E-state index contributed by atoms with van der Waals surface area (Å²) in [6.07, 6.45) is 0.643. The molecule has 1 aromatic carbocycles. The van der Waals surface area contributed by atoms with Crippen LogP contribution < -0.4 is 5.73 Å². The summed E-state index contributed by atoms with van der Waals surface area (Å²) in [5.41, 5.74) is 6.15. The SMILES string of the molecule is CCC(=O)N(CCC(N)=O)Cc1ccccc1. The van der Waals surface area contributed by atoms with Crippen molar-refractivity contribution in [1.29, 1.82) is 0 Å². The number of nitrogens with zero attached hydrogens (tertiary/aromatic N) is 1. The number of benzene rings is 1. The lowest BCUT2D eigenvalue weighted by atomic mass is 10.2. The van der Waals surface area contributed by atoms with Crippen molar-refractivity contribution in [2.75, 3.05) is 6.54 Å². The molecule has 0 radical (unpaired) electrons. The van der Waals surface area contributed by atoms with Crippen molar-refractivity contribution in [1.82, 2.24) is 4.90 Å². The summed E-state index contributed by atoms with van der Waals surface area (Å²) >= 11 is 0. The summed E-state index contributed by atoms with van der Waals surface area (Å²) in [5.74, 6) is -0.345. The Morgan fingerprint density at radius 3 is 2.41 bits per heavy atom. The van der Waals surface area contributed by atoms with Gasteiger partial charge in [-0.25, -0.2) is 0 Å². The molecule has 0 aliphatic heterocycles. The van der Waals surface area contributed by atoms with Gasteiger partial charge in [-0.15, -0.1) is 0 Å². The van der Waals surface area contributed by atoms with E-state index in [0.29, 0.717) is 19.5 Å². The molecule has 4 heteroatoms. The molecule has 0 aliphatic carbocycles. The maximum absolute atomic E-state index is 11.7. The molecule has 0 aromatic heterocycles. The maximum Gasteiger partial charge on any atom is 0.222 e. The Hall–Kier alpha value is -1.84. The van der Waals surface area contributed by atoms with E-state index < -0.39 is 0 Å². The van der Waals surface area contributed by atoms with Crippen LogP contribution in [0, 0.1) is 0 Å². The van der Waals surface area contributed by atoms with Gasteiger partial charge in [-0.1, -0.05) is 37.3 Å². The van der Waals surface area contributed by atoms with Gasteiger partial charge in [-0.2, -0.15) is 0 Å². The highest BCUT2D eigenvalue weighted by Gasteiger charge is 2.12. The van der Waals surface area contributed by atoms with Crippen LogP contribution in [0.3, 0.4) is 0 Å². The molecule has 1 rings (SSSR count). The zero-order valence-electron chi connectivity index (χ0n) is 10.1. The fraction of sp³-hybridized carbons (Fsp3) is 0.385. The molecule has 0 atom stereocenters. The fourth-order valence-electron chi connectivity index (χ4n) is 1.56. The molecule has 0 saturated carbocycles. The van der Waals surface area contributed by atoms with Crippen LogP contribution in [0.4, 0.5) is 0 Å². The average Bonchev–Trinajstić information content (AvgIpc) is 2.34. The predicted octanol–water partition coefficient (Wildman–Crippen LogP) is 1.30. The minimum atomic E-state index is -0.382. The van der Waals surface area contributed by atoms with Crippen LogP contribution in [-0.4, -0.2) is 23.3 Å². The van der Waals surface area contributed by atoms with Crippen molar-refractivity contribution in [2.45, 2.75) is 26.3 Å². The van der Waals surface area contributed by atoms with Crippen LogP contribution in [-0.2, 0) is 16.1 Å². The van der Waals surface area contributed by atoms with E-state index in [1.807, 2.05) is 37.3 Å². The normalized spacial score (nSPS) is 9.94. The molecule has 0 unspecified atom stereocenters. The predicted molar refractivity (Wildman–Crippen MR) is 66.0 cm³/mol. The Morgan fingerprint density at radius 2 is 1.88 bits per heavy atom. The summed E-state index contributed by atoms with van der Waals surface area (Å²) in [4.78, 5) is 24.1. The van der Waals surface area contributed by atoms with Gasteiger partial charge in [0.25, 0.3) is 0 Å². The van der Waals surface area contributed by atoms with Crippen LogP contribution in [0.25, 0.3) is 0 Å². The Bertz CT molecular complexity index is 376. The Morgan fingerprint density at radius 1 is 1.24 bits per heavy atom. The van der Waals surface area contributed by atoms with Gasteiger partial charge < -0.3 is 10.6 Å². The van der Waals surface area contributed by atoms with Gasteiger partial charge in [0.15, 0.2) is 0 Å². The van der Waals surface area contributed by atoms with Crippen molar-refractivity contribution in [3.63, 3.8) is 0 Å². The third kappa shape index (κ3) is 4.68. The van der Waals surface area contributed by atoms with E-state index in [4.69, 9.17) is 5.73 Å². The number of rotatable bonds is 6. The second-order valence-electron chi connectivity index (χ2n) is 3.87. The van der Waals surface area contributed by atoms with Gasteiger partial charge in [-0.05, 0) is 5.56 Å². The summed E-state index contributed by atoms with van der Waals surface area (Å²) < 4.78 is 0. The van der Waals surface area contributed by atoms with Crippen molar-refractivity contribution >= 4 is 11.8 Å². The third-order valence-electron chi connectivity index (χ3n) is 2.50. The molecule has 4 nitrogen and oxygen atoms in total. The van der Waals surface area contributed by atoms with Gasteiger partial charge in [0.2, 0.25) is 11.8 Å². The molecule has 1 aromatic rings. The number of carbonyl (C=O) groups is 2. The second kappa shape index (κ2) is 6.68. The average molecular weight is 234 g/mol. The van der Waals surface area contributed by atoms with Crippen molar-refractivity contribution < 1.29 is 9.59 Å². The number of nitrogens with two attached hydrogens (primary N) is 1. The molecule has 0 heterocycles. The topological polar surface area (TPSA) is 63.4 Å². The molecular formula is C13H18N2O2. The van der Waals surface area contributed by atoms with Gasteiger partial charge in [0, 0.05) is 25.9 Å². The largest absolute Gasteiger partial charge is 0.370 e. The smallest absolute Gasteiger partial charge is 0.222 e. The quantitative estimate of drug-likeness (QED) is 0.806. The van der Waals surface area contributed by atoms with Crippen molar-refractivity contribution in [2.24, 2.45) is 5.73 Å². The third-order valence-corrected chi connectivity index (χ3v) is 2.50. The number of carbonyl (C=O) groups excluding carboxylic acids is 2. The lowest BCUT2D eigenvalue weighted by Crippen LogP contribution is -2.33. The Kier molecular flexibility index (Phi) is 5.20. The molecule has 2 N–H and O–H groups in total. The first-order chi connectivity index (χ1) is 8.13. The zero-order chi connectivity index (χ0) is 12.7. The van der Waals surface area contributed by atoms with E-state index >= 15 is 0 Å². The Balaban J connectivity index is 2.63. The van der Waals surface area contributed by atoms with Gasteiger partial charge in [0.1, 0.15) is 0 Å². The first-order valence-electron chi connectivity index (χ1n) is 5.73. The van der Waals surface area contributed by atoms with E-state index in [1.165, 1.54) is 0 Å². The van der Waals surface area contributed by atoms with Gasteiger partial charge >= 0.3 is 0 Å². The Labute approximate surface area is 101 Å². The molecule has 92 valence electrons. The molecular weight excluding hydrogens is 216 g/mol. The first-order valence-corrected chi connectivity index (χ1v) is 5.73. The summed E-state index contributed by atoms with van der Waals surface area (Å²) in [6.45, 7) is 2.72. The first kappa shape index (κ1) is 13.2. The van der Waals surface area contributed by atoms with E-state index in [1.54, 1.807) is 4.90 Å². The van der Waals surface area contributed by atoms with Crippen molar-refractivity contribution in [3.8, 4) is 0 Å². The van der Waals surface area contributed by atoms with Crippen LogP contribution in [0.1, 0.15) is 25.3 Å². The monoisotopic (exact) mass is 234 g/mol. The van der Waals surface area contributed by atoms with Crippen LogP contribution >= 0.6 is 0 Å². The van der Waals surface area contributed by atoms with Crippen LogP contribution in [0.2, 0.25) is 0 Å². The molecule has 0 spiro atoms. The molecule has 0 aliphatic rings. The molecule has 0 bridgehead atoms. The minimum absolute atomic E-state index is 0.0371. The molecule has 0 saturated heterocycles. The highest BCUT2D eigenvalue weighted by molar-refractivity contribution is 5.78. The van der Waals surface area contributed by atoms with E-state index in [9.17, 15) is 9.59 Å². The van der Waals surface area contributed by atoms with E-state index in [0.717, 1.165) is 5.56 Å². The lowest BCUT2D eigenvalue weighted by Gasteiger charge is -2.21. The maximum atomic E-state index is 11.7. The number of primary amides is 1. The second-order valence-corrected chi connectivity index (χ2v) is 3.87. The summed E-state index contributed by atoms with van der Waals surface area (Å²) in [5, 5.41) is 0.